The zero-order valence-corrected chi connectivity index (χ0v) is 10.1. The summed E-state index contributed by atoms with van der Waals surface area (Å²) in [6, 6.07) is 0. The number of hydrogen-bond acceptors (Lipinski definition) is 5. The van der Waals surface area contributed by atoms with Crippen LogP contribution in [0.1, 0.15) is 24.3 Å². The Labute approximate surface area is 102 Å². The van der Waals surface area contributed by atoms with Crippen molar-refractivity contribution in [1.29, 1.82) is 0 Å². The lowest BCUT2D eigenvalue weighted by atomic mass is 10.2. The average molecular weight is 263 g/mol. The minimum absolute atomic E-state index is 0.256. The third-order valence-corrected chi connectivity index (χ3v) is 3.35. The standard InChI is InChI=1S/C10H15F2N3OS/c11-7(12)5-16-4-3-14-10-8(6-1-2-6)9(13)15-17-10/h6-7,14H,1-5H2,(H2,13,15). The van der Waals surface area contributed by atoms with Crippen LogP contribution in [0.2, 0.25) is 0 Å². The van der Waals surface area contributed by atoms with E-state index in [2.05, 4.69) is 9.69 Å². The van der Waals surface area contributed by atoms with Gasteiger partial charge < -0.3 is 15.8 Å². The Bertz CT molecular complexity index is 368. The quantitative estimate of drug-likeness (QED) is 0.741. The van der Waals surface area contributed by atoms with Crippen molar-refractivity contribution in [2.75, 3.05) is 30.8 Å². The fraction of sp³-hybridized carbons (Fsp3) is 0.700. The Morgan fingerprint density at radius 2 is 2.29 bits per heavy atom. The number of ether oxygens (including phenoxy) is 1. The van der Waals surface area contributed by atoms with E-state index < -0.39 is 13.0 Å². The molecular weight excluding hydrogens is 248 g/mol. The number of alkyl halides is 2. The number of nitrogens with two attached hydrogens (primary N) is 1. The first-order valence-corrected chi connectivity index (χ1v) is 6.30. The second-order valence-electron chi connectivity index (χ2n) is 3.98. The van der Waals surface area contributed by atoms with Crippen LogP contribution in [-0.4, -0.2) is 30.6 Å². The molecular formula is C10H15F2N3OS. The lowest BCUT2D eigenvalue weighted by Gasteiger charge is -2.07. The van der Waals surface area contributed by atoms with Gasteiger partial charge in [0.2, 0.25) is 0 Å². The van der Waals surface area contributed by atoms with Crippen LogP contribution in [0, 0.1) is 0 Å². The highest BCUT2D eigenvalue weighted by Gasteiger charge is 2.30. The van der Waals surface area contributed by atoms with Gasteiger partial charge in [-0.1, -0.05) is 0 Å². The van der Waals surface area contributed by atoms with Gasteiger partial charge in [-0.25, -0.2) is 8.78 Å². The van der Waals surface area contributed by atoms with Gasteiger partial charge in [0, 0.05) is 12.1 Å². The number of nitrogen functional groups attached to an aromatic ring is 1. The molecule has 3 N–H and O–H groups in total. The van der Waals surface area contributed by atoms with Crippen LogP contribution in [0.25, 0.3) is 0 Å². The largest absolute Gasteiger partial charge is 0.383 e. The summed E-state index contributed by atoms with van der Waals surface area (Å²) in [5.41, 5.74) is 6.87. The van der Waals surface area contributed by atoms with Crippen molar-refractivity contribution < 1.29 is 13.5 Å². The molecule has 1 heterocycles. The summed E-state index contributed by atoms with van der Waals surface area (Å²) in [5, 5.41) is 4.08. The molecule has 0 spiro atoms. The molecule has 0 amide bonds. The molecule has 1 aliphatic carbocycles. The number of hydrogen-bond donors (Lipinski definition) is 2. The third kappa shape index (κ3) is 3.50. The number of rotatable bonds is 7. The van der Waals surface area contributed by atoms with E-state index >= 15 is 0 Å². The highest BCUT2D eigenvalue weighted by Crippen LogP contribution is 2.47. The van der Waals surface area contributed by atoms with Gasteiger partial charge in [-0.3, -0.25) is 0 Å². The van der Waals surface area contributed by atoms with E-state index in [1.807, 2.05) is 0 Å². The molecule has 1 aliphatic rings. The van der Waals surface area contributed by atoms with Gasteiger partial charge >= 0.3 is 0 Å². The van der Waals surface area contributed by atoms with Crippen molar-refractivity contribution in [3.05, 3.63) is 5.56 Å². The molecule has 7 heteroatoms. The van der Waals surface area contributed by atoms with Crippen molar-refractivity contribution in [1.82, 2.24) is 4.37 Å². The first-order chi connectivity index (χ1) is 8.18. The van der Waals surface area contributed by atoms with Gasteiger partial charge in [0.1, 0.15) is 17.4 Å². The molecule has 1 aromatic rings. The molecule has 0 bridgehead atoms. The van der Waals surface area contributed by atoms with E-state index in [1.165, 1.54) is 11.5 Å². The van der Waals surface area contributed by atoms with Crippen LogP contribution in [0.5, 0.6) is 0 Å². The normalized spacial score (nSPS) is 15.5. The summed E-state index contributed by atoms with van der Waals surface area (Å²) in [4.78, 5) is 0. The van der Waals surface area contributed by atoms with Crippen LogP contribution in [0.15, 0.2) is 0 Å². The molecule has 0 unspecified atom stereocenters. The van der Waals surface area contributed by atoms with E-state index in [9.17, 15) is 8.78 Å². The fourth-order valence-electron chi connectivity index (χ4n) is 1.61. The van der Waals surface area contributed by atoms with Crippen LogP contribution in [0.4, 0.5) is 19.6 Å². The maximum absolute atomic E-state index is 11.8. The van der Waals surface area contributed by atoms with Gasteiger partial charge in [0.15, 0.2) is 0 Å². The number of anilines is 2. The number of aromatic nitrogens is 1. The fourth-order valence-corrected chi connectivity index (χ4v) is 2.44. The van der Waals surface area contributed by atoms with Gasteiger partial charge in [-0.2, -0.15) is 4.37 Å². The second-order valence-corrected chi connectivity index (χ2v) is 4.75. The van der Waals surface area contributed by atoms with Crippen molar-refractivity contribution in [2.24, 2.45) is 0 Å². The smallest absolute Gasteiger partial charge is 0.261 e. The zero-order valence-electron chi connectivity index (χ0n) is 9.29. The molecule has 0 aromatic carbocycles. The Hall–Kier alpha value is -0.950. The molecule has 0 atom stereocenters. The summed E-state index contributed by atoms with van der Waals surface area (Å²) in [6.45, 7) is 0.238. The van der Waals surface area contributed by atoms with E-state index in [0.717, 1.165) is 23.4 Å². The van der Waals surface area contributed by atoms with Crippen molar-refractivity contribution in [3.8, 4) is 0 Å². The summed E-state index contributed by atoms with van der Waals surface area (Å²) in [6.07, 6.45) is -0.102. The maximum atomic E-state index is 11.8. The topological polar surface area (TPSA) is 60.2 Å². The SMILES string of the molecule is Nc1nsc(NCCOCC(F)F)c1C1CC1. The summed E-state index contributed by atoms with van der Waals surface area (Å²) in [7, 11) is 0. The first kappa shape index (κ1) is 12.5. The predicted octanol–water partition coefficient (Wildman–Crippen LogP) is 2.30. The van der Waals surface area contributed by atoms with Gasteiger partial charge in [0.05, 0.1) is 6.61 Å². The van der Waals surface area contributed by atoms with Crippen molar-refractivity contribution >= 4 is 22.4 Å². The lowest BCUT2D eigenvalue weighted by molar-refractivity contribution is 0.0215. The summed E-state index contributed by atoms with van der Waals surface area (Å²) in [5.74, 6) is 1.12. The van der Waals surface area contributed by atoms with E-state index in [-0.39, 0.29) is 6.61 Å². The molecule has 4 nitrogen and oxygen atoms in total. The number of nitrogens with zero attached hydrogens (tertiary/aromatic N) is 1. The van der Waals surface area contributed by atoms with Crippen molar-refractivity contribution in [3.63, 3.8) is 0 Å². The van der Waals surface area contributed by atoms with E-state index in [0.29, 0.717) is 18.3 Å². The van der Waals surface area contributed by atoms with Gasteiger partial charge in [-0.05, 0) is 30.3 Å². The molecule has 1 saturated carbocycles. The molecule has 96 valence electrons. The Morgan fingerprint density at radius 3 is 2.94 bits per heavy atom. The molecule has 1 fully saturated rings. The Kier molecular flexibility index (Phi) is 4.11. The summed E-state index contributed by atoms with van der Waals surface area (Å²) >= 11 is 1.32. The number of halogens is 2. The van der Waals surface area contributed by atoms with E-state index in [1.54, 1.807) is 0 Å². The molecule has 0 saturated heterocycles. The highest BCUT2D eigenvalue weighted by molar-refractivity contribution is 7.10. The molecule has 0 aliphatic heterocycles. The maximum Gasteiger partial charge on any atom is 0.261 e. The first-order valence-electron chi connectivity index (χ1n) is 5.53. The van der Waals surface area contributed by atoms with E-state index in [4.69, 9.17) is 10.5 Å². The van der Waals surface area contributed by atoms with Crippen LogP contribution in [0.3, 0.4) is 0 Å². The van der Waals surface area contributed by atoms with Crippen LogP contribution in [-0.2, 0) is 4.74 Å². The molecule has 2 rings (SSSR count). The summed E-state index contributed by atoms with van der Waals surface area (Å²) < 4.78 is 32.5. The minimum Gasteiger partial charge on any atom is -0.383 e. The van der Waals surface area contributed by atoms with Crippen molar-refractivity contribution in [2.45, 2.75) is 25.2 Å². The molecule has 1 aromatic heterocycles. The lowest BCUT2D eigenvalue weighted by Crippen LogP contribution is -2.13. The average Bonchev–Trinajstić information content (AvgIpc) is 3.03. The van der Waals surface area contributed by atoms with Gasteiger partial charge in [-0.15, -0.1) is 0 Å². The Balaban J connectivity index is 1.75. The monoisotopic (exact) mass is 263 g/mol. The second kappa shape index (κ2) is 5.59. The van der Waals surface area contributed by atoms with Gasteiger partial charge in [0.25, 0.3) is 6.43 Å². The third-order valence-electron chi connectivity index (χ3n) is 2.52. The predicted molar refractivity (Wildman–Crippen MR) is 63.8 cm³/mol. The van der Waals surface area contributed by atoms with Crippen LogP contribution < -0.4 is 11.1 Å². The Morgan fingerprint density at radius 1 is 1.53 bits per heavy atom. The molecule has 0 radical (unpaired) electrons. The zero-order chi connectivity index (χ0) is 12.3. The van der Waals surface area contributed by atoms with Crippen LogP contribution >= 0.6 is 11.5 Å². The molecule has 17 heavy (non-hydrogen) atoms. The number of nitrogens with one attached hydrogen (secondary N) is 1. The highest BCUT2D eigenvalue weighted by atomic mass is 32.1. The minimum atomic E-state index is -2.41.